The number of nitrogens with one attached hydrogen (secondary N) is 2. The molecule has 21 heavy (non-hydrogen) atoms. The Morgan fingerprint density at radius 2 is 2.19 bits per heavy atom. The van der Waals surface area contributed by atoms with Crippen LogP contribution in [0.2, 0.25) is 0 Å². The lowest BCUT2D eigenvalue weighted by Crippen LogP contribution is -2.37. The molecule has 1 atom stereocenters. The summed E-state index contributed by atoms with van der Waals surface area (Å²) in [6.45, 7) is 2.53. The molecule has 2 heterocycles. The summed E-state index contributed by atoms with van der Waals surface area (Å²) in [5, 5.41) is 3.04. The van der Waals surface area contributed by atoms with Crippen molar-refractivity contribution in [3.63, 3.8) is 0 Å². The van der Waals surface area contributed by atoms with E-state index in [0.717, 1.165) is 24.4 Å². The van der Waals surface area contributed by atoms with E-state index in [4.69, 9.17) is 0 Å². The number of hydrogen-bond acceptors (Lipinski definition) is 5. The maximum absolute atomic E-state index is 12.5. The third kappa shape index (κ3) is 3.68. The van der Waals surface area contributed by atoms with E-state index in [9.17, 15) is 8.42 Å². The Bertz CT molecular complexity index is 613. The van der Waals surface area contributed by atoms with Crippen molar-refractivity contribution in [1.29, 1.82) is 0 Å². The smallest absolute Gasteiger partial charge is 0.242 e. The van der Waals surface area contributed by atoms with Gasteiger partial charge in [0.15, 0.2) is 0 Å². The van der Waals surface area contributed by atoms with Crippen LogP contribution in [0.15, 0.2) is 14.7 Å². The van der Waals surface area contributed by atoms with Gasteiger partial charge < -0.3 is 5.32 Å². The standard InChI is InChI=1S/C13H20BrN3O2S2/c1-15-7-11-6-12(13(14)20-11)21(18,19)16-9-4-5-17(8-9)10-2-3-10/h6,9-10,15-16H,2-5,7-8H2,1H3. The second kappa shape index (κ2) is 6.25. The van der Waals surface area contributed by atoms with Crippen molar-refractivity contribution in [2.75, 3.05) is 20.1 Å². The van der Waals surface area contributed by atoms with Crippen LogP contribution < -0.4 is 10.0 Å². The minimum absolute atomic E-state index is 0.0372. The quantitative estimate of drug-likeness (QED) is 0.772. The van der Waals surface area contributed by atoms with Crippen molar-refractivity contribution < 1.29 is 8.42 Å². The van der Waals surface area contributed by atoms with Gasteiger partial charge >= 0.3 is 0 Å². The molecular formula is C13H20BrN3O2S2. The largest absolute Gasteiger partial charge is 0.315 e. The molecule has 118 valence electrons. The monoisotopic (exact) mass is 393 g/mol. The molecular weight excluding hydrogens is 374 g/mol. The third-order valence-electron chi connectivity index (χ3n) is 3.95. The van der Waals surface area contributed by atoms with Crippen molar-refractivity contribution in [2.45, 2.75) is 42.8 Å². The zero-order chi connectivity index (χ0) is 15.0. The molecule has 1 aromatic heterocycles. The number of nitrogens with zero attached hydrogens (tertiary/aromatic N) is 1. The summed E-state index contributed by atoms with van der Waals surface area (Å²) in [6.07, 6.45) is 3.44. The van der Waals surface area contributed by atoms with Crippen molar-refractivity contribution in [1.82, 2.24) is 14.9 Å². The van der Waals surface area contributed by atoms with Crippen LogP contribution in [0.25, 0.3) is 0 Å². The predicted octanol–water partition coefficient (Wildman–Crippen LogP) is 1.74. The molecule has 2 aliphatic rings. The first-order chi connectivity index (χ1) is 9.99. The van der Waals surface area contributed by atoms with E-state index in [1.807, 2.05) is 7.05 Å². The molecule has 1 unspecified atom stereocenters. The molecule has 0 aromatic carbocycles. The summed E-state index contributed by atoms with van der Waals surface area (Å²) >= 11 is 4.84. The zero-order valence-electron chi connectivity index (χ0n) is 11.9. The number of thiophene rings is 1. The number of hydrogen-bond donors (Lipinski definition) is 2. The summed E-state index contributed by atoms with van der Waals surface area (Å²) in [5.41, 5.74) is 0. The lowest BCUT2D eigenvalue weighted by molar-refractivity contribution is 0.322. The minimum Gasteiger partial charge on any atom is -0.315 e. The topological polar surface area (TPSA) is 61.4 Å². The van der Waals surface area contributed by atoms with Gasteiger partial charge in [-0.3, -0.25) is 4.90 Å². The average Bonchev–Trinajstić information content (AvgIpc) is 3.05. The van der Waals surface area contributed by atoms with E-state index in [-0.39, 0.29) is 6.04 Å². The highest BCUT2D eigenvalue weighted by Gasteiger charge is 2.36. The van der Waals surface area contributed by atoms with Gasteiger partial charge in [0.2, 0.25) is 10.0 Å². The van der Waals surface area contributed by atoms with Gasteiger partial charge in [0, 0.05) is 36.6 Å². The molecule has 1 saturated carbocycles. The molecule has 1 aliphatic heterocycles. The van der Waals surface area contributed by atoms with Crippen molar-refractivity contribution in [3.05, 3.63) is 14.7 Å². The summed E-state index contributed by atoms with van der Waals surface area (Å²) < 4.78 is 28.6. The molecule has 8 heteroatoms. The minimum atomic E-state index is -3.44. The molecule has 2 fully saturated rings. The maximum Gasteiger partial charge on any atom is 0.242 e. The Labute approximate surface area is 138 Å². The van der Waals surface area contributed by atoms with Crippen molar-refractivity contribution >= 4 is 37.3 Å². The number of rotatable bonds is 6. The van der Waals surface area contributed by atoms with Crippen LogP contribution in [-0.2, 0) is 16.6 Å². The molecule has 1 aromatic rings. The number of sulfonamides is 1. The van der Waals surface area contributed by atoms with Gasteiger partial charge in [-0.1, -0.05) is 0 Å². The van der Waals surface area contributed by atoms with Crippen LogP contribution in [0.3, 0.4) is 0 Å². The van der Waals surface area contributed by atoms with Crippen LogP contribution in [0.1, 0.15) is 24.1 Å². The number of halogens is 1. The molecule has 0 radical (unpaired) electrons. The lowest BCUT2D eigenvalue weighted by Gasteiger charge is -2.15. The average molecular weight is 394 g/mol. The highest BCUT2D eigenvalue weighted by atomic mass is 79.9. The SMILES string of the molecule is CNCc1cc(S(=O)(=O)NC2CCN(C3CC3)C2)c(Br)s1. The van der Waals surface area contributed by atoms with Crippen LogP contribution in [-0.4, -0.2) is 45.5 Å². The van der Waals surface area contributed by atoms with Crippen LogP contribution >= 0.6 is 27.3 Å². The first-order valence-corrected chi connectivity index (χ1v) is 10.3. The first-order valence-electron chi connectivity index (χ1n) is 7.19. The molecule has 1 saturated heterocycles. The molecule has 1 aliphatic carbocycles. The van der Waals surface area contributed by atoms with E-state index in [1.165, 1.54) is 24.2 Å². The summed E-state index contributed by atoms with van der Waals surface area (Å²) in [7, 11) is -1.59. The predicted molar refractivity (Wildman–Crippen MR) is 88.1 cm³/mol. The highest BCUT2D eigenvalue weighted by Crippen LogP contribution is 2.33. The van der Waals surface area contributed by atoms with Gasteiger partial charge in [0.25, 0.3) is 0 Å². The van der Waals surface area contributed by atoms with E-state index in [1.54, 1.807) is 6.07 Å². The van der Waals surface area contributed by atoms with Gasteiger partial charge in [-0.05, 0) is 48.3 Å². The molecule has 0 bridgehead atoms. The summed E-state index contributed by atoms with van der Waals surface area (Å²) in [4.78, 5) is 3.78. The van der Waals surface area contributed by atoms with Crippen LogP contribution in [0.5, 0.6) is 0 Å². The lowest BCUT2D eigenvalue weighted by atomic mass is 10.3. The normalized spacial score (nSPS) is 23.8. The van der Waals surface area contributed by atoms with E-state index < -0.39 is 10.0 Å². The second-order valence-corrected chi connectivity index (χ2v) is 9.85. The second-order valence-electron chi connectivity index (χ2n) is 5.71. The Morgan fingerprint density at radius 1 is 1.43 bits per heavy atom. The van der Waals surface area contributed by atoms with E-state index in [0.29, 0.717) is 21.3 Å². The Morgan fingerprint density at radius 3 is 2.86 bits per heavy atom. The van der Waals surface area contributed by atoms with Gasteiger partial charge in [-0.25, -0.2) is 13.1 Å². The van der Waals surface area contributed by atoms with Gasteiger partial charge in [-0.2, -0.15) is 0 Å². The molecule has 5 nitrogen and oxygen atoms in total. The first kappa shape index (κ1) is 15.9. The number of likely N-dealkylation sites (tertiary alicyclic amines) is 1. The van der Waals surface area contributed by atoms with Gasteiger partial charge in [-0.15, -0.1) is 11.3 Å². The fourth-order valence-corrected chi connectivity index (χ4v) is 6.74. The maximum atomic E-state index is 12.5. The molecule has 2 N–H and O–H groups in total. The third-order valence-corrected chi connectivity index (χ3v) is 7.72. The Balaban J connectivity index is 1.68. The summed E-state index contributed by atoms with van der Waals surface area (Å²) in [5.74, 6) is 0. The summed E-state index contributed by atoms with van der Waals surface area (Å²) in [6, 6.07) is 2.49. The fourth-order valence-electron chi connectivity index (χ4n) is 2.78. The molecule has 3 rings (SSSR count). The van der Waals surface area contributed by atoms with Crippen LogP contribution in [0.4, 0.5) is 0 Å². The molecule has 0 amide bonds. The zero-order valence-corrected chi connectivity index (χ0v) is 15.2. The van der Waals surface area contributed by atoms with Crippen molar-refractivity contribution in [2.24, 2.45) is 0 Å². The highest BCUT2D eigenvalue weighted by molar-refractivity contribution is 9.11. The Kier molecular flexibility index (Phi) is 4.73. The Hall–Kier alpha value is 0.01000. The fraction of sp³-hybridized carbons (Fsp3) is 0.692. The van der Waals surface area contributed by atoms with E-state index in [2.05, 4.69) is 30.9 Å². The van der Waals surface area contributed by atoms with Crippen molar-refractivity contribution in [3.8, 4) is 0 Å². The van der Waals surface area contributed by atoms with Gasteiger partial charge in [0.1, 0.15) is 4.90 Å². The molecule has 0 spiro atoms. The van der Waals surface area contributed by atoms with Gasteiger partial charge in [0.05, 0.1) is 3.79 Å². The van der Waals surface area contributed by atoms with Crippen LogP contribution in [0, 0.1) is 0 Å². The van der Waals surface area contributed by atoms with E-state index >= 15 is 0 Å².